The zero-order chi connectivity index (χ0) is 13.3. The van der Waals surface area contributed by atoms with E-state index in [0.29, 0.717) is 12.4 Å². The molecule has 0 bridgehead atoms. The molecule has 0 saturated carbocycles. The van der Waals surface area contributed by atoms with Crippen molar-refractivity contribution in [3.63, 3.8) is 0 Å². The van der Waals surface area contributed by atoms with Crippen molar-refractivity contribution in [2.75, 3.05) is 6.26 Å². The minimum Gasteiger partial charge on any atom is -0.297 e. The Hall–Kier alpha value is -1.24. The fourth-order valence-electron chi connectivity index (χ4n) is 1.25. The fourth-order valence-corrected chi connectivity index (χ4v) is 1.74. The summed E-state index contributed by atoms with van der Waals surface area (Å²) in [5.41, 5.74) is 0. The van der Waals surface area contributed by atoms with E-state index < -0.39 is 14.6 Å². The van der Waals surface area contributed by atoms with Gasteiger partial charge in [0.25, 0.3) is 0 Å². The van der Waals surface area contributed by atoms with Gasteiger partial charge in [0.2, 0.25) is 0 Å². The standard InChI is InChI=1S/C10H17N3O3S/c1-5-13-9(11-7-12-13)6-8(14)10(2,3)17(4,15)16/h7H,5-6H2,1-4H3. The van der Waals surface area contributed by atoms with E-state index in [2.05, 4.69) is 10.1 Å². The number of aryl methyl sites for hydroxylation is 1. The number of Topliss-reactive ketones (excluding diaryl/α,β-unsaturated/α-hetero) is 1. The van der Waals surface area contributed by atoms with Crippen LogP contribution in [-0.4, -0.2) is 40.0 Å². The molecule has 96 valence electrons. The van der Waals surface area contributed by atoms with Gasteiger partial charge in [0.15, 0.2) is 15.6 Å². The van der Waals surface area contributed by atoms with Crippen molar-refractivity contribution in [2.45, 2.75) is 38.5 Å². The van der Waals surface area contributed by atoms with Crippen LogP contribution in [0.25, 0.3) is 0 Å². The van der Waals surface area contributed by atoms with E-state index in [0.717, 1.165) is 6.26 Å². The van der Waals surface area contributed by atoms with Gasteiger partial charge in [0.1, 0.15) is 16.9 Å². The summed E-state index contributed by atoms with van der Waals surface area (Å²) in [6.45, 7) is 5.31. The molecule has 0 radical (unpaired) electrons. The van der Waals surface area contributed by atoms with E-state index in [4.69, 9.17) is 0 Å². The first kappa shape index (κ1) is 13.8. The number of ketones is 1. The van der Waals surface area contributed by atoms with Gasteiger partial charge in [-0.15, -0.1) is 0 Å². The number of hydrogen-bond acceptors (Lipinski definition) is 5. The Kier molecular flexibility index (Phi) is 3.71. The number of carbonyl (C=O) groups excluding carboxylic acids is 1. The summed E-state index contributed by atoms with van der Waals surface area (Å²) in [7, 11) is -3.43. The van der Waals surface area contributed by atoms with Gasteiger partial charge >= 0.3 is 0 Å². The van der Waals surface area contributed by atoms with Crippen molar-refractivity contribution in [2.24, 2.45) is 0 Å². The van der Waals surface area contributed by atoms with Crippen molar-refractivity contribution in [1.29, 1.82) is 0 Å². The molecule has 0 N–H and O–H groups in total. The smallest absolute Gasteiger partial charge is 0.161 e. The maximum absolute atomic E-state index is 12.0. The Balaban J connectivity index is 2.95. The Bertz CT molecular complexity index is 517. The van der Waals surface area contributed by atoms with Crippen molar-refractivity contribution < 1.29 is 13.2 Å². The highest BCUT2D eigenvalue weighted by molar-refractivity contribution is 7.92. The van der Waals surface area contributed by atoms with Crippen LogP contribution in [0.1, 0.15) is 26.6 Å². The second-order valence-electron chi connectivity index (χ2n) is 4.37. The highest BCUT2D eigenvalue weighted by atomic mass is 32.2. The average Bonchev–Trinajstić information content (AvgIpc) is 2.63. The topological polar surface area (TPSA) is 81.9 Å². The molecule has 0 unspecified atom stereocenters. The predicted octanol–water partition coefficient (Wildman–Crippen LogP) is 0.233. The lowest BCUT2D eigenvalue weighted by atomic mass is 10.1. The Morgan fingerprint density at radius 1 is 1.47 bits per heavy atom. The molecule has 0 atom stereocenters. The summed E-state index contributed by atoms with van der Waals surface area (Å²) in [5.74, 6) is 0.122. The first-order valence-corrected chi connectivity index (χ1v) is 7.19. The van der Waals surface area contributed by atoms with Crippen LogP contribution < -0.4 is 0 Å². The molecule has 0 aromatic carbocycles. The summed E-state index contributed by atoms with van der Waals surface area (Å²) in [5, 5.41) is 3.94. The SMILES string of the molecule is CCn1ncnc1CC(=O)C(C)(C)S(C)(=O)=O. The molecular weight excluding hydrogens is 242 g/mol. The van der Waals surface area contributed by atoms with Gasteiger partial charge in [-0.05, 0) is 20.8 Å². The third-order valence-electron chi connectivity index (χ3n) is 2.91. The van der Waals surface area contributed by atoms with E-state index in [1.807, 2.05) is 6.92 Å². The number of hydrogen-bond donors (Lipinski definition) is 0. The molecule has 17 heavy (non-hydrogen) atoms. The maximum Gasteiger partial charge on any atom is 0.161 e. The van der Waals surface area contributed by atoms with E-state index in [1.165, 1.54) is 20.2 Å². The lowest BCUT2D eigenvalue weighted by Gasteiger charge is -2.20. The summed E-state index contributed by atoms with van der Waals surface area (Å²) in [6, 6.07) is 0. The number of sulfone groups is 1. The quantitative estimate of drug-likeness (QED) is 0.756. The molecule has 0 aliphatic carbocycles. The molecule has 1 aromatic rings. The van der Waals surface area contributed by atoms with Gasteiger partial charge in [-0.3, -0.25) is 4.79 Å². The molecule has 1 heterocycles. The zero-order valence-electron chi connectivity index (χ0n) is 10.5. The predicted molar refractivity (Wildman–Crippen MR) is 63.3 cm³/mol. The van der Waals surface area contributed by atoms with Crippen LogP contribution >= 0.6 is 0 Å². The Morgan fingerprint density at radius 3 is 2.53 bits per heavy atom. The first-order valence-electron chi connectivity index (χ1n) is 5.29. The Morgan fingerprint density at radius 2 is 2.06 bits per heavy atom. The van der Waals surface area contributed by atoms with E-state index in [1.54, 1.807) is 4.68 Å². The van der Waals surface area contributed by atoms with Crippen LogP contribution in [0, 0.1) is 0 Å². The van der Waals surface area contributed by atoms with Crippen molar-refractivity contribution >= 4 is 15.6 Å². The summed E-state index contributed by atoms with van der Waals surface area (Å²) in [4.78, 5) is 15.9. The zero-order valence-corrected chi connectivity index (χ0v) is 11.3. The molecular formula is C10H17N3O3S. The molecule has 0 fully saturated rings. The molecule has 0 saturated heterocycles. The number of carbonyl (C=O) groups is 1. The van der Waals surface area contributed by atoms with Gasteiger partial charge in [-0.2, -0.15) is 5.10 Å². The molecule has 1 rings (SSSR count). The fraction of sp³-hybridized carbons (Fsp3) is 0.700. The van der Waals surface area contributed by atoms with Gasteiger partial charge in [-0.1, -0.05) is 0 Å². The van der Waals surface area contributed by atoms with Gasteiger partial charge < -0.3 is 0 Å². The van der Waals surface area contributed by atoms with Crippen molar-refractivity contribution in [3.8, 4) is 0 Å². The molecule has 0 aliphatic rings. The molecule has 0 aliphatic heterocycles. The lowest BCUT2D eigenvalue weighted by molar-refractivity contribution is -0.120. The molecule has 6 nitrogen and oxygen atoms in total. The number of nitrogens with zero attached hydrogens (tertiary/aromatic N) is 3. The molecule has 7 heteroatoms. The Labute approximate surface area is 101 Å². The van der Waals surface area contributed by atoms with Gasteiger partial charge in [-0.25, -0.2) is 18.1 Å². The van der Waals surface area contributed by atoms with E-state index in [9.17, 15) is 13.2 Å². The maximum atomic E-state index is 12.0. The van der Waals surface area contributed by atoms with Crippen molar-refractivity contribution in [3.05, 3.63) is 12.2 Å². The molecule has 0 amide bonds. The van der Waals surface area contributed by atoms with Crippen molar-refractivity contribution in [1.82, 2.24) is 14.8 Å². The van der Waals surface area contributed by atoms with E-state index >= 15 is 0 Å². The van der Waals surface area contributed by atoms with Crippen LogP contribution in [0.4, 0.5) is 0 Å². The van der Waals surface area contributed by atoms with Crippen LogP contribution in [0.5, 0.6) is 0 Å². The third kappa shape index (κ3) is 2.71. The number of aromatic nitrogens is 3. The second kappa shape index (κ2) is 4.56. The summed E-state index contributed by atoms with van der Waals surface area (Å²) >= 11 is 0. The van der Waals surface area contributed by atoms with Crippen LogP contribution in [-0.2, 0) is 27.6 Å². The minimum absolute atomic E-state index is 0.0199. The van der Waals surface area contributed by atoms with Gasteiger partial charge in [0.05, 0.1) is 6.42 Å². The van der Waals surface area contributed by atoms with E-state index in [-0.39, 0.29) is 12.2 Å². The molecule has 0 spiro atoms. The van der Waals surface area contributed by atoms with Crippen LogP contribution in [0.2, 0.25) is 0 Å². The van der Waals surface area contributed by atoms with Crippen LogP contribution in [0.3, 0.4) is 0 Å². The van der Waals surface area contributed by atoms with Gasteiger partial charge in [0, 0.05) is 12.8 Å². The normalized spacial score (nSPS) is 12.7. The summed E-state index contributed by atoms with van der Waals surface area (Å²) < 4.78 is 23.2. The largest absolute Gasteiger partial charge is 0.297 e. The molecule has 1 aromatic heterocycles. The minimum atomic E-state index is -3.43. The second-order valence-corrected chi connectivity index (χ2v) is 6.94. The highest BCUT2D eigenvalue weighted by Gasteiger charge is 2.38. The third-order valence-corrected chi connectivity index (χ3v) is 4.99. The first-order chi connectivity index (χ1) is 7.70. The van der Waals surface area contributed by atoms with Crippen LogP contribution in [0.15, 0.2) is 6.33 Å². The monoisotopic (exact) mass is 259 g/mol. The number of rotatable bonds is 5. The highest BCUT2D eigenvalue weighted by Crippen LogP contribution is 2.18. The average molecular weight is 259 g/mol. The summed E-state index contributed by atoms with van der Waals surface area (Å²) in [6.07, 6.45) is 2.41. The lowest BCUT2D eigenvalue weighted by Crippen LogP contribution is -2.41.